The maximum Gasteiger partial charge on any atom is 0.318 e. The number of hydrogen-bond acceptors (Lipinski definition) is 6. The Bertz CT molecular complexity index is 1360. The summed E-state index contributed by atoms with van der Waals surface area (Å²) in [6.07, 6.45) is 4.18. The standard InChI is InChI=1S/C23H25N9O/c1-23(2)18-15(10-32(23)22(33)27-16-9-14(16)13-7-5-4-6-8-13)19(30-29-18)28-20-17-21(25-11-24-20)31(3)12-26-17/h4-8,11-12,14,16H,9-10H2,1-3H3,(H,27,33)(H2,24,25,28,29,30)/t14-,16+/m0/s1. The highest BCUT2D eigenvalue weighted by molar-refractivity contribution is 5.85. The predicted molar refractivity (Wildman–Crippen MR) is 123 cm³/mol. The monoisotopic (exact) mass is 443 g/mol. The third kappa shape index (κ3) is 3.12. The first-order valence-electron chi connectivity index (χ1n) is 11.0. The van der Waals surface area contributed by atoms with Crippen molar-refractivity contribution in [2.45, 2.75) is 44.3 Å². The van der Waals surface area contributed by atoms with Gasteiger partial charge in [0.15, 0.2) is 22.8 Å². The number of urea groups is 1. The highest BCUT2D eigenvalue weighted by Gasteiger charge is 2.46. The average molecular weight is 444 g/mol. The lowest BCUT2D eigenvalue weighted by molar-refractivity contribution is 0.142. The highest BCUT2D eigenvalue weighted by Crippen LogP contribution is 2.43. The van der Waals surface area contributed by atoms with Gasteiger partial charge in [0.05, 0.1) is 24.1 Å². The Hall–Kier alpha value is -3.95. The SMILES string of the molecule is Cn1cnc2c(Nc3n[nH]c4c3CN(C(=O)N[C@@H]3C[C@H]3c3ccccc3)C4(C)C)ncnc21. The Kier molecular flexibility index (Phi) is 4.20. The van der Waals surface area contributed by atoms with Gasteiger partial charge < -0.3 is 20.1 Å². The molecule has 1 saturated carbocycles. The van der Waals surface area contributed by atoms with Crippen molar-refractivity contribution in [3.63, 3.8) is 0 Å². The topological polar surface area (TPSA) is 117 Å². The van der Waals surface area contributed by atoms with Crippen LogP contribution in [0.1, 0.15) is 43.0 Å². The maximum absolute atomic E-state index is 13.2. The molecule has 2 amide bonds. The van der Waals surface area contributed by atoms with Gasteiger partial charge in [-0.25, -0.2) is 19.7 Å². The molecule has 3 N–H and O–H groups in total. The van der Waals surface area contributed by atoms with E-state index in [0.29, 0.717) is 29.6 Å². The van der Waals surface area contributed by atoms with Crippen LogP contribution in [0.5, 0.6) is 0 Å². The molecule has 33 heavy (non-hydrogen) atoms. The zero-order chi connectivity index (χ0) is 22.7. The quantitative estimate of drug-likeness (QED) is 0.446. The summed E-state index contributed by atoms with van der Waals surface area (Å²) in [4.78, 5) is 28.1. The molecule has 2 aliphatic rings. The minimum atomic E-state index is -0.518. The molecule has 2 atom stereocenters. The van der Waals surface area contributed by atoms with E-state index >= 15 is 0 Å². The third-order valence-electron chi connectivity index (χ3n) is 6.78. The number of nitrogens with one attached hydrogen (secondary N) is 3. The molecule has 1 aromatic carbocycles. The number of carbonyl (C=O) groups excluding carboxylic acids is 1. The molecule has 1 aliphatic carbocycles. The maximum atomic E-state index is 13.2. The van der Waals surface area contributed by atoms with Crippen LogP contribution in [0, 0.1) is 0 Å². The van der Waals surface area contributed by atoms with Crippen molar-refractivity contribution in [1.29, 1.82) is 0 Å². The van der Waals surface area contributed by atoms with Crippen molar-refractivity contribution in [3.05, 3.63) is 59.8 Å². The number of H-pyrrole nitrogens is 1. The van der Waals surface area contributed by atoms with E-state index in [4.69, 9.17) is 0 Å². The van der Waals surface area contributed by atoms with Gasteiger partial charge >= 0.3 is 6.03 Å². The van der Waals surface area contributed by atoms with Crippen LogP contribution < -0.4 is 10.6 Å². The number of benzene rings is 1. The fourth-order valence-electron chi connectivity index (χ4n) is 4.75. The van der Waals surface area contributed by atoms with Crippen LogP contribution in [0.2, 0.25) is 0 Å². The molecule has 0 spiro atoms. The predicted octanol–water partition coefficient (Wildman–Crippen LogP) is 3.15. The van der Waals surface area contributed by atoms with Crippen molar-refractivity contribution in [2.24, 2.45) is 7.05 Å². The molecule has 4 aromatic rings. The second kappa shape index (κ2) is 7.03. The number of nitrogens with zero attached hydrogens (tertiary/aromatic N) is 6. The van der Waals surface area contributed by atoms with Gasteiger partial charge in [0, 0.05) is 24.6 Å². The van der Waals surface area contributed by atoms with E-state index in [9.17, 15) is 4.79 Å². The Labute approximate surface area is 190 Å². The van der Waals surface area contributed by atoms with E-state index in [2.05, 4.69) is 47.9 Å². The van der Waals surface area contributed by atoms with Gasteiger partial charge in [0.2, 0.25) is 0 Å². The summed E-state index contributed by atoms with van der Waals surface area (Å²) in [6, 6.07) is 10.4. The van der Waals surface area contributed by atoms with Crippen molar-refractivity contribution >= 4 is 28.8 Å². The van der Waals surface area contributed by atoms with E-state index in [1.165, 1.54) is 11.9 Å². The zero-order valence-corrected chi connectivity index (χ0v) is 18.7. The van der Waals surface area contributed by atoms with Gasteiger partial charge in [0.25, 0.3) is 0 Å². The summed E-state index contributed by atoms with van der Waals surface area (Å²) in [7, 11) is 1.89. The van der Waals surface area contributed by atoms with E-state index in [1.54, 1.807) is 6.33 Å². The molecule has 0 radical (unpaired) electrons. The molecule has 4 heterocycles. The Morgan fingerprint density at radius 1 is 1.15 bits per heavy atom. The van der Waals surface area contributed by atoms with Crippen LogP contribution in [0.4, 0.5) is 16.4 Å². The van der Waals surface area contributed by atoms with Crippen LogP contribution in [0.25, 0.3) is 11.2 Å². The first kappa shape index (κ1) is 19.7. The number of amides is 2. The molecule has 3 aromatic heterocycles. The second-order valence-corrected chi connectivity index (χ2v) is 9.25. The fraction of sp³-hybridized carbons (Fsp3) is 0.348. The normalized spacial score (nSPS) is 20.6. The fourth-order valence-corrected chi connectivity index (χ4v) is 4.75. The van der Waals surface area contributed by atoms with Crippen LogP contribution in [0.15, 0.2) is 43.0 Å². The minimum absolute atomic E-state index is 0.0619. The molecule has 6 rings (SSSR count). The summed E-state index contributed by atoms with van der Waals surface area (Å²) in [5.41, 5.74) is 4.03. The lowest BCUT2D eigenvalue weighted by atomic mass is 10.0. The van der Waals surface area contributed by atoms with Gasteiger partial charge in [-0.1, -0.05) is 30.3 Å². The lowest BCUT2D eigenvalue weighted by Crippen LogP contribution is -2.47. The first-order chi connectivity index (χ1) is 15.9. The summed E-state index contributed by atoms with van der Waals surface area (Å²) in [5.74, 6) is 1.61. The number of hydrogen-bond donors (Lipinski definition) is 3. The Morgan fingerprint density at radius 2 is 1.97 bits per heavy atom. The number of aromatic nitrogens is 6. The van der Waals surface area contributed by atoms with E-state index in [0.717, 1.165) is 23.3 Å². The van der Waals surface area contributed by atoms with Crippen LogP contribution in [0.3, 0.4) is 0 Å². The van der Waals surface area contributed by atoms with Crippen molar-refractivity contribution in [3.8, 4) is 0 Å². The largest absolute Gasteiger partial charge is 0.335 e. The van der Waals surface area contributed by atoms with Gasteiger partial charge in [0.1, 0.15) is 6.33 Å². The summed E-state index contributed by atoms with van der Waals surface area (Å²) in [6.45, 7) is 4.51. The number of carbonyl (C=O) groups is 1. The zero-order valence-electron chi connectivity index (χ0n) is 18.7. The smallest absolute Gasteiger partial charge is 0.318 e. The summed E-state index contributed by atoms with van der Waals surface area (Å²) >= 11 is 0. The number of aryl methyl sites for hydroxylation is 1. The average Bonchev–Trinajstić information content (AvgIpc) is 3.14. The number of aromatic amines is 1. The molecule has 10 nitrogen and oxygen atoms in total. The van der Waals surface area contributed by atoms with E-state index in [-0.39, 0.29) is 12.1 Å². The van der Waals surface area contributed by atoms with Gasteiger partial charge in [-0.05, 0) is 25.8 Å². The summed E-state index contributed by atoms with van der Waals surface area (Å²) in [5, 5.41) is 14.1. The molecule has 1 fully saturated rings. The van der Waals surface area contributed by atoms with E-state index in [1.807, 2.05) is 48.6 Å². The number of anilines is 2. The van der Waals surface area contributed by atoms with Crippen molar-refractivity contribution < 1.29 is 4.79 Å². The molecular weight excluding hydrogens is 418 g/mol. The first-order valence-corrected chi connectivity index (χ1v) is 11.0. The highest BCUT2D eigenvalue weighted by atomic mass is 16.2. The summed E-state index contributed by atoms with van der Waals surface area (Å²) < 4.78 is 1.84. The number of fused-ring (bicyclic) bond motifs is 2. The molecule has 0 unspecified atom stereocenters. The number of rotatable bonds is 4. The van der Waals surface area contributed by atoms with Gasteiger partial charge in [-0.15, -0.1) is 0 Å². The second-order valence-electron chi connectivity index (χ2n) is 9.25. The molecule has 10 heteroatoms. The molecule has 0 saturated heterocycles. The molecule has 0 bridgehead atoms. The Balaban J connectivity index is 1.21. The van der Waals surface area contributed by atoms with Crippen LogP contribution in [-0.2, 0) is 19.1 Å². The minimum Gasteiger partial charge on any atom is -0.335 e. The van der Waals surface area contributed by atoms with Crippen LogP contribution in [-0.4, -0.2) is 46.7 Å². The van der Waals surface area contributed by atoms with Gasteiger partial charge in [-0.3, -0.25) is 5.10 Å². The molecule has 168 valence electrons. The Morgan fingerprint density at radius 3 is 2.79 bits per heavy atom. The molecule has 1 aliphatic heterocycles. The number of imidazole rings is 1. The van der Waals surface area contributed by atoms with Crippen molar-refractivity contribution in [2.75, 3.05) is 5.32 Å². The lowest BCUT2D eigenvalue weighted by Gasteiger charge is -2.32. The van der Waals surface area contributed by atoms with Gasteiger partial charge in [-0.2, -0.15) is 5.10 Å². The van der Waals surface area contributed by atoms with Crippen molar-refractivity contribution in [1.82, 2.24) is 39.9 Å². The molecular formula is C23H25N9O. The van der Waals surface area contributed by atoms with Crippen LogP contribution >= 0.6 is 0 Å². The third-order valence-corrected chi connectivity index (χ3v) is 6.78. The van der Waals surface area contributed by atoms with E-state index < -0.39 is 5.54 Å².